The minimum absolute atomic E-state index is 0.885. The molecule has 220 valence electrons. The Labute approximate surface area is 270 Å². The van der Waals surface area contributed by atoms with Gasteiger partial charge in [0.25, 0.3) is 0 Å². The average Bonchev–Trinajstić information content (AvgIpc) is 3.81. The average molecular weight is 602 g/mol. The molecule has 10 aromatic rings. The molecule has 0 radical (unpaired) electrons. The molecule has 0 bridgehead atoms. The van der Waals surface area contributed by atoms with Gasteiger partial charge in [-0.1, -0.05) is 127 Å². The lowest BCUT2D eigenvalue weighted by Gasteiger charge is -2.10. The maximum absolute atomic E-state index is 6.61. The van der Waals surface area contributed by atoms with E-state index < -0.39 is 0 Å². The summed E-state index contributed by atoms with van der Waals surface area (Å²) in [4.78, 5) is 0. The molecule has 47 heavy (non-hydrogen) atoms. The van der Waals surface area contributed by atoms with Crippen molar-refractivity contribution in [3.8, 4) is 39.1 Å². The van der Waals surface area contributed by atoms with Gasteiger partial charge in [-0.3, -0.25) is 0 Å². The van der Waals surface area contributed by atoms with E-state index in [-0.39, 0.29) is 0 Å². The Bertz CT molecular complexity index is 2760. The molecule has 3 heterocycles. The quantitative estimate of drug-likeness (QED) is 0.201. The highest BCUT2D eigenvalue weighted by atomic mass is 16.3. The largest absolute Gasteiger partial charge is 0.455 e. The molecular formula is C44H27NO2. The lowest BCUT2D eigenvalue weighted by Crippen LogP contribution is -1.93. The first-order chi connectivity index (χ1) is 23.3. The van der Waals surface area contributed by atoms with Gasteiger partial charge in [-0.25, -0.2) is 0 Å². The van der Waals surface area contributed by atoms with Crippen molar-refractivity contribution in [3.05, 3.63) is 164 Å². The number of hydrogen-bond acceptors (Lipinski definition) is 2. The molecule has 3 heteroatoms. The number of furan rings is 2. The first-order valence-corrected chi connectivity index (χ1v) is 15.9. The Morgan fingerprint density at radius 1 is 0.362 bits per heavy atom. The number of nitrogens with zero attached hydrogens (tertiary/aromatic N) is 1. The predicted octanol–water partition coefficient (Wildman–Crippen LogP) is 12.4. The molecule has 0 fully saturated rings. The van der Waals surface area contributed by atoms with E-state index in [1.54, 1.807) is 0 Å². The molecule has 0 aliphatic carbocycles. The summed E-state index contributed by atoms with van der Waals surface area (Å²) in [5.41, 5.74) is 13.8. The van der Waals surface area contributed by atoms with Gasteiger partial charge < -0.3 is 13.4 Å². The van der Waals surface area contributed by atoms with Gasteiger partial charge in [-0.2, -0.15) is 0 Å². The summed E-state index contributed by atoms with van der Waals surface area (Å²) in [5, 5.41) is 4.49. The van der Waals surface area contributed by atoms with Crippen LogP contribution in [0.3, 0.4) is 0 Å². The van der Waals surface area contributed by atoms with Crippen LogP contribution in [0.15, 0.2) is 173 Å². The first kappa shape index (κ1) is 26.0. The smallest absolute Gasteiger partial charge is 0.161 e. The van der Waals surface area contributed by atoms with Gasteiger partial charge >= 0.3 is 0 Å². The molecule has 0 unspecified atom stereocenters. The van der Waals surface area contributed by atoms with Crippen molar-refractivity contribution in [3.63, 3.8) is 0 Å². The van der Waals surface area contributed by atoms with E-state index >= 15 is 0 Å². The zero-order chi connectivity index (χ0) is 30.9. The minimum atomic E-state index is 0.885. The summed E-state index contributed by atoms with van der Waals surface area (Å²) in [6.07, 6.45) is 0. The van der Waals surface area contributed by atoms with Crippen molar-refractivity contribution in [2.45, 2.75) is 0 Å². The van der Waals surface area contributed by atoms with Gasteiger partial charge in [-0.15, -0.1) is 0 Å². The Hall–Kier alpha value is -6.32. The van der Waals surface area contributed by atoms with Gasteiger partial charge in [0, 0.05) is 27.4 Å². The second kappa shape index (κ2) is 10.1. The fraction of sp³-hybridized carbons (Fsp3) is 0. The highest BCUT2D eigenvalue weighted by molar-refractivity contribution is 6.20. The molecular weight excluding hydrogens is 574 g/mol. The van der Waals surface area contributed by atoms with Crippen LogP contribution in [0.25, 0.3) is 94.0 Å². The second-order valence-electron chi connectivity index (χ2n) is 12.1. The normalized spacial score (nSPS) is 11.8. The molecule has 10 rings (SSSR count). The zero-order valence-corrected chi connectivity index (χ0v) is 25.4. The van der Waals surface area contributed by atoms with Crippen LogP contribution in [-0.2, 0) is 0 Å². The van der Waals surface area contributed by atoms with E-state index in [1.165, 1.54) is 0 Å². The first-order valence-electron chi connectivity index (χ1n) is 15.9. The summed E-state index contributed by atoms with van der Waals surface area (Å²) in [6.45, 7) is 0. The second-order valence-corrected chi connectivity index (χ2v) is 12.1. The monoisotopic (exact) mass is 601 g/mol. The van der Waals surface area contributed by atoms with Gasteiger partial charge in [0.15, 0.2) is 5.58 Å². The molecule has 3 aromatic heterocycles. The van der Waals surface area contributed by atoms with Crippen LogP contribution in [0.1, 0.15) is 0 Å². The summed E-state index contributed by atoms with van der Waals surface area (Å²) >= 11 is 0. The van der Waals surface area contributed by atoms with E-state index in [9.17, 15) is 0 Å². The molecule has 0 saturated heterocycles. The molecule has 3 nitrogen and oxygen atoms in total. The third-order valence-electron chi connectivity index (χ3n) is 9.43. The van der Waals surface area contributed by atoms with E-state index in [2.05, 4.69) is 162 Å². The van der Waals surface area contributed by atoms with Crippen LogP contribution in [0.2, 0.25) is 0 Å². The van der Waals surface area contributed by atoms with Crippen molar-refractivity contribution >= 4 is 54.9 Å². The molecule has 7 aromatic carbocycles. The lowest BCUT2D eigenvalue weighted by molar-refractivity contribution is 0.670. The highest BCUT2D eigenvalue weighted by Crippen LogP contribution is 2.44. The van der Waals surface area contributed by atoms with Gasteiger partial charge in [0.05, 0.1) is 10.9 Å². The number of aromatic nitrogens is 1. The maximum atomic E-state index is 6.61. The lowest BCUT2D eigenvalue weighted by atomic mass is 9.95. The molecule has 0 N–H and O–H groups in total. The summed E-state index contributed by atoms with van der Waals surface area (Å²) in [5.74, 6) is 0. The molecule has 0 spiro atoms. The number of benzene rings is 7. The van der Waals surface area contributed by atoms with Crippen molar-refractivity contribution in [1.29, 1.82) is 0 Å². The number of fused-ring (bicyclic) bond motifs is 8. The van der Waals surface area contributed by atoms with Gasteiger partial charge in [-0.05, 0) is 64.2 Å². The maximum Gasteiger partial charge on any atom is 0.161 e. The highest BCUT2D eigenvalue weighted by Gasteiger charge is 2.22. The fourth-order valence-electron chi connectivity index (χ4n) is 7.36. The molecule has 0 atom stereocenters. The van der Waals surface area contributed by atoms with Crippen molar-refractivity contribution < 1.29 is 8.83 Å². The van der Waals surface area contributed by atoms with Crippen LogP contribution < -0.4 is 0 Å². The van der Waals surface area contributed by atoms with E-state index in [4.69, 9.17) is 8.83 Å². The standard InChI is InChI=1S/C44H27NO2/c1-3-12-28(13-4-1)34-19-9-20-36-40-32(17-10-22-38(40)46-43(34)36)29-24-26-30(27-25-29)33-18-11-23-39-41(33)42-44(47-39)35-16-7-8-21-37(35)45(42)31-14-5-2-6-15-31/h1-27H. The third kappa shape index (κ3) is 3.87. The summed E-state index contributed by atoms with van der Waals surface area (Å²) < 4.78 is 15.5. The van der Waals surface area contributed by atoms with Crippen molar-refractivity contribution in [2.75, 3.05) is 0 Å². The minimum Gasteiger partial charge on any atom is -0.455 e. The van der Waals surface area contributed by atoms with E-state index in [0.717, 1.165) is 94.0 Å². The van der Waals surface area contributed by atoms with Crippen LogP contribution in [-0.4, -0.2) is 4.57 Å². The Kier molecular flexibility index (Phi) is 5.57. The molecule has 0 aliphatic rings. The number of para-hydroxylation sites is 3. The van der Waals surface area contributed by atoms with Gasteiger partial charge in [0.1, 0.15) is 22.3 Å². The van der Waals surface area contributed by atoms with Crippen LogP contribution in [0.5, 0.6) is 0 Å². The topological polar surface area (TPSA) is 31.2 Å². The Morgan fingerprint density at radius 3 is 1.64 bits per heavy atom. The SMILES string of the molecule is c1ccc(-c2cccc3c2oc2cccc(-c4ccc(-c5cccc6oc7c8ccccc8n(-c8ccccc8)c7c56)cc4)c23)cc1. The third-order valence-corrected chi connectivity index (χ3v) is 9.43. The van der Waals surface area contributed by atoms with Crippen molar-refractivity contribution in [2.24, 2.45) is 0 Å². The van der Waals surface area contributed by atoms with E-state index in [0.29, 0.717) is 0 Å². The summed E-state index contributed by atoms with van der Waals surface area (Å²) in [7, 11) is 0. The molecule has 0 aliphatic heterocycles. The number of hydrogen-bond donors (Lipinski definition) is 0. The van der Waals surface area contributed by atoms with Crippen LogP contribution in [0.4, 0.5) is 0 Å². The fourth-order valence-corrected chi connectivity index (χ4v) is 7.36. The number of rotatable bonds is 4. The Balaban J connectivity index is 1.15. The zero-order valence-electron chi connectivity index (χ0n) is 25.4. The van der Waals surface area contributed by atoms with Crippen LogP contribution >= 0.6 is 0 Å². The van der Waals surface area contributed by atoms with Gasteiger partial charge in [0.2, 0.25) is 0 Å². The Morgan fingerprint density at radius 2 is 0.894 bits per heavy atom. The van der Waals surface area contributed by atoms with E-state index in [1.807, 2.05) is 6.07 Å². The van der Waals surface area contributed by atoms with Crippen LogP contribution in [0, 0.1) is 0 Å². The predicted molar refractivity (Wildman–Crippen MR) is 194 cm³/mol. The summed E-state index contributed by atoms with van der Waals surface area (Å²) in [6, 6.07) is 57.6. The molecule has 0 saturated carbocycles. The molecule has 0 amide bonds. The van der Waals surface area contributed by atoms with Crippen molar-refractivity contribution in [1.82, 2.24) is 4.57 Å².